The molecule has 1 aliphatic heterocycles. The van der Waals surface area contributed by atoms with Crippen LogP contribution in [0.4, 0.5) is 4.39 Å². The van der Waals surface area contributed by atoms with Crippen LogP contribution in [0.15, 0.2) is 40.6 Å². The zero-order valence-corrected chi connectivity index (χ0v) is 19.4. The van der Waals surface area contributed by atoms with Crippen molar-refractivity contribution in [3.8, 4) is 5.69 Å². The summed E-state index contributed by atoms with van der Waals surface area (Å²) in [6, 6.07) is 9.12. The number of piperazine rings is 1. The Labute approximate surface area is 194 Å². The van der Waals surface area contributed by atoms with E-state index >= 15 is 0 Å². The first-order valence-electron chi connectivity index (χ1n) is 10.3. The van der Waals surface area contributed by atoms with Crippen LogP contribution < -0.4 is 0 Å². The van der Waals surface area contributed by atoms with Gasteiger partial charge in [-0.15, -0.1) is 11.3 Å². The van der Waals surface area contributed by atoms with Crippen LogP contribution in [0, 0.1) is 5.82 Å². The average molecular weight is 495 g/mol. The zero-order valence-electron chi connectivity index (χ0n) is 17.0. The van der Waals surface area contributed by atoms with Crippen LogP contribution in [-0.4, -0.2) is 59.5 Å². The van der Waals surface area contributed by atoms with Crippen molar-refractivity contribution in [1.82, 2.24) is 19.0 Å². The highest BCUT2D eigenvalue weighted by molar-refractivity contribution is 7.91. The van der Waals surface area contributed by atoms with Crippen LogP contribution in [0.2, 0.25) is 4.34 Å². The third-order valence-electron chi connectivity index (χ3n) is 5.87. The molecule has 1 aliphatic carbocycles. The molecule has 1 aromatic carbocycles. The molecule has 1 amide bonds. The van der Waals surface area contributed by atoms with Gasteiger partial charge in [0.2, 0.25) is 0 Å². The van der Waals surface area contributed by atoms with Gasteiger partial charge < -0.3 is 4.90 Å². The van der Waals surface area contributed by atoms with Gasteiger partial charge in [0.25, 0.3) is 15.9 Å². The lowest BCUT2D eigenvalue weighted by molar-refractivity contribution is 0.0690. The third-order valence-corrected chi connectivity index (χ3v) is 9.47. The van der Waals surface area contributed by atoms with E-state index in [1.54, 1.807) is 27.8 Å². The molecule has 2 aliphatic rings. The molecule has 0 unspecified atom stereocenters. The molecule has 0 bridgehead atoms. The van der Waals surface area contributed by atoms with E-state index < -0.39 is 10.0 Å². The first kappa shape index (κ1) is 21.6. The van der Waals surface area contributed by atoms with Crippen molar-refractivity contribution < 1.29 is 17.6 Å². The lowest BCUT2D eigenvalue weighted by Gasteiger charge is -2.33. The maximum Gasteiger partial charge on any atom is 0.274 e. The maximum atomic E-state index is 13.3. The van der Waals surface area contributed by atoms with Gasteiger partial charge in [-0.1, -0.05) is 11.6 Å². The van der Waals surface area contributed by atoms with Crippen LogP contribution >= 0.6 is 22.9 Å². The summed E-state index contributed by atoms with van der Waals surface area (Å²) in [6.07, 6.45) is 2.51. The SMILES string of the molecule is O=C(c1nn(-c2ccc(F)cc2)c2c1CCC2)N1CCN(S(=O)(=O)c2ccc(Cl)s2)CC1. The summed E-state index contributed by atoms with van der Waals surface area (Å²) in [4.78, 5) is 15.0. The van der Waals surface area contributed by atoms with E-state index in [1.165, 1.54) is 22.5 Å². The Bertz CT molecular complexity index is 1280. The summed E-state index contributed by atoms with van der Waals surface area (Å²) >= 11 is 6.92. The van der Waals surface area contributed by atoms with Gasteiger partial charge in [-0.05, 0) is 55.7 Å². The summed E-state index contributed by atoms with van der Waals surface area (Å²) in [5, 5.41) is 4.58. The van der Waals surface area contributed by atoms with Gasteiger partial charge in [0.05, 0.1) is 10.0 Å². The van der Waals surface area contributed by atoms with Crippen molar-refractivity contribution in [1.29, 1.82) is 0 Å². The van der Waals surface area contributed by atoms with Crippen molar-refractivity contribution >= 4 is 38.9 Å². The second-order valence-corrected chi connectivity index (χ2v) is 11.7. The molecule has 7 nitrogen and oxygen atoms in total. The average Bonchev–Trinajstić information content (AvgIpc) is 3.51. The summed E-state index contributed by atoms with van der Waals surface area (Å²) in [7, 11) is -3.62. The fraction of sp³-hybridized carbons (Fsp3) is 0.333. The number of halogens is 2. The highest BCUT2D eigenvalue weighted by Crippen LogP contribution is 2.30. The minimum atomic E-state index is -3.62. The molecule has 1 saturated heterocycles. The minimum Gasteiger partial charge on any atom is -0.335 e. The van der Waals surface area contributed by atoms with Crippen LogP contribution in [0.5, 0.6) is 0 Å². The fourth-order valence-electron chi connectivity index (χ4n) is 4.25. The Morgan fingerprint density at radius 3 is 2.41 bits per heavy atom. The molecule has 3 heterocycles. The van der Waals surface area contributed by atoms with Crippen LogP contribution in [0.1, 0.15) is 28.2 Å². The van der Waals surface area contributed by atoms with E-state index in [2.05, 4.69) is 5.10 Å². The number of aromatic nitrogens is 2. The molecule has 0 atom stereocenters. The molecular weight excluding hydrogens is 475 g/mol. The van der Waals surface area contributed by atoms with Crippen molar-refractivity contribution in [3.63, 3.8) is 0 Å². The van der Waals surface area contributed by atoms with Gasteiger partial charge in [0.1, 0.15) is 10.0 Å². The number of hydrogen-bond donors (Lipinski definition) is 0. The zero-order chi connectivity index (χ0) is 22.5. The predicted octanol–water partition coefficient (Wildman–Crippen LogP) is 3.36. The van der Waals surface area contributed by atoms with E-state index in [0.29, 0.717) is 15.7 Å². The Kier molecular flexibility index (Phi) is 5.56. The Balaban J connectivity index is 1.35. The molecule has 0 saturated carbocycles. The molecular formula is C21H20ClFN4O3S2. The Hall–Kier alpha value is -2.27. The van der Waals surface area contributed by atoms with Crippen molar-refractivity contribution in [2.24, 2.45) is 0 Å². The summed E-state index contributed by atoms with van der Waals surface area (Å²) in [5.74, 6) is -0.522. The van der Waals surface area contributed by atoms with Crippen molar-refractivity contribution in [2.75, 3.05) is 26.2 Å². The molecule has 1 fully saturated rings. The van der Waals surface area contributed by atoms with Crippen LogP contribution in [0.25, 0.3) is 5.69 Å². The molecule has 2 aromatic heterocycles. The van der Waals surface area contributed by atoms with Gasteiger partial charge in [0.15, 0.2) is 5.69 Å². The lowest BCUT2D eigenvalue weighted by Crippen LogP contribution is -2.50. The van der Waals surface area contributed by atoms with E-state index in [4.69, 9.17) is 11.6 Å². The molecule has 0 spiro atoms. The minimum absolute atomic E-state index is 0.194. The first-order chi connectivity index (χ1) is 15.3. The number of fused-ring (bicyclic) bond motifs is 1. The summed E-state index contributed by atoms with van der Waals surface area (Å²) in [6.45, 7) is 1.000. The van der Waals surface area contributed by atoms with Gasteiger partial charge in [-0.2, -0.15) is 9.40 Å². The topological polar surface area (TPSA) is 75.5 Å². The highest BCUT2D eigenvalue weighted by atomic mass is 35.5. The van der Waals surface area contributed by atoms with Gasteiger partial charge in [0, 0.05) is 37.4 Å². The quantitative estimate of drug-likeness (QED) is 0.557. The standard InChI is InChI=1S/C21H20ClFN4O3S2/c22-18-8-9-19(31-18)32(29,30)26-12-10-25(11-13-26)21(28)20-16-2-1-3-17(16)27(24-20)15-6-4-14(23)5-7-15/h4-9H,1-3,10-13H2. The van der Waals surface area contributed by atoms with E-state index in [0.717, 1.165) is 41.9 Å². The van der Waals surface area contributed by atoms with Crippen LogP contribution in [0.3, 0.4) is 0 Å². The molecule has 0 radical (unpaired) electrons. The molecule has 0 N–H and O–H groups in total. The number of benzene rings is 1. The van der Waals surface area contributed by atoms with E-state index in [1.807, 2.05) is 0 Å². The Morgan fingerprint density at radius 2 is 1.75 bits per heavy atom. The number of hydrogen-bond acceptors (Lipinski definition) is 5. The van der Waals surface area contributed by atoms with Crippen LogP contribution in [-0.2, 0) is 22.9 Å². The van der Waals surface area contributed by atoms with Gasteiger partial charge in [-0.25, -0.2) is 17.5 Å². The van der Waals surface area contributed by atoms with E-state index in [9.17, 15) is 17.6 Å². The second-order valence-electron chi connectivity index (χ2n) is 7.77. The second kappa shape index (κ2) is 8.26. The first-order valence-corrected chi connectivity index (χ1v) is 12.9. The molecule has 11 heteroatoms. The molecule has 168 valence electrons. The number of sulfonamides is 1. The fourth-order valence-corrected chi connectivity index (χ4v) is 7.31. The number of carbonyl (C=O) groups excluding carboxylic acids is 1. The van der Waals surface area contributed by atoms with E-state index in [-0.39, 0.29) is 42.1 Å². The smallest absolute Gasteiger partial charge is 0.274 e. The third kappa shape index (κ3) is 3.75. The largest absolute Gasteiger partial charge is 0.335 e. The van der Waals surface area contributed by atoms with Gasteiger partial charge in [-0.3, -0.25) is 4.79 Å². The summed E-state index contributed by atoms with van der Waals surface area (Å²) < 4.78 is 42.7. The number of rotatable bonds is 4. The van der Waals surface area contributed by atoms with Gasteiger partial charge >= 0.3 is 0 Å². The molecule has 32 heavy (non-hydrogen) atoms. The number of nitrogens with zero attached hydrogens (tertiary/aromatic N) is 4. The van der Waals surface area contributed by atoms with Crippen molar-refractivity contribution in [2.45, 2.75) is 23.5 Å². The lowest BCUT2D eigenvalue weighted by atomic mass is 10.1. The number of amides is 1. The predicted molar refractivity (Wildman–Crippen MR) is 120 cm³/mol. The summed E-state index contributed by atoms with van der Waals surface area (Å²) in [5.41, 5.74) is 3.04. The number of thiophene rings is 1. The highest BCUT2D eigenvalue weighted by Gasteiger charge is 2.34. The maximum absolute atomic E-state index is 13.3. The molecule has 5 rings (SSSR count). The number of carbonyl (C=O) groups is 1. The Morgan fingerprint density at radius 1 is 1.03 bits per heavy atom. The monoisotopic (exact) mass is 494 g/mol. The molecule has 3 aromatic rings. The normalized spacial score (nSPS) is 17.0. The van der Waals surface area contributed by atoms with Crippen molar-refractivity contribution in [3.05, 3.63) is 63.5 Å².